The third kappa shape index (κ3) is 3.92. The van der Waals surface area contributed by atoms with Crippen LogP contribution in [0.5, 0.6) is 0 Å². The highest BCUT2D eigenvalue weighted by Crippen LogP contribution is 2.38. The Labute approximate surface area is 173 Å². The Kier molecular flexibility index (Phi) is 5.30. The fourth-order valence-electron chi connectivity index (χ4n) is 3.36. The van der Waals surface area contributed by atoms with Crippen LogP contribution in [0.15, 0.2) is 30.7 Å². The molecule has 1 aliphatic rings. The SMILES string of the molecule is C[C@](O)(c1ccc2ncc(-c3nc(N[C@H]4CNCC[C@@H]4F)ncc3F)n2c1)C(F)(F)F. The molecule has 1 aliphatic heterocycles. The summed E-state index contributed by atoms with van der Waals surface area (Å²) in [5, 5.41) is 15.8. The second kappa shape index (κ2) is 7.68. The van der Waals surface area contributed by atoms with E-state index in [1.165, 1.54) is 16.7 Å². The van der Waals surface area contributed by atoms with E-state index in [1.807, 2.05) is 0 Å². The Balaban J connectivity index is 1.74. The van der Waals surface area contributed by atoms with Crippen molar-refractivity contribution in [3.63, 3.8) is 0 Å². The molecule has 3 aromatic rings. The van der Waals surface area contributed by atoms with Crippen molar-refractivity contribution in [3.05, 3.63) is 42.1 Å². The number of hydrogen-bond donors (Lipinski definition) is 3. The Hall–Kier alpha value is -2.86. The summed E-state index contributed by atoms with van der Waals surface area (Å²) >= 11 is 0. The average Bonchev–Trinajstić information content (AvgIpc) is 3.13. The summed E-state index contributed by atoms with van der Waals surface area (Å²) in [4.78, 5) is 12.0. The monoisotopic (exact) mass is 442 g/mol. The molecule has 0 unspecified atom stereocenters. The summed E-state index contributed by atoms with van der Waals surface area (Å²) in [6, 6.07) is 1.77. The minimum absolute atomic E-state index is 0.0267. The second-order valence-electron chi connectivity index (χ2n) is 7.51. The van der Waals surface area contributed by atoms with Crippen LogP contribution in [-0.2, 0) is 5.60 Å². The van der Waals surface area contributed by atoms with E-state index in [2.05, 4.69) is 25.6 Å². The van der Waals surface area contributed by atoms with Crippen molar-refractivity contribution in [1.82, 2.24) is 24.7 Å². The predicted octanol–water partition coefficient (Wildman–Crippen LogP) is 2.81. The van der Waals surface area contributed by atoms with Gasteiger partial charge < -0.3 is 15.7 Å². The van der Waals surface area contributed by atoms with E-state index in [4.69, 9.17) is 0 Å². The first-order valence-electron chi connectivity index (χ1n) is 9.49. The molecule has 3 aromatic heterocycles. The van der Waals surface area contributed by atoms with Crippen LogP contribution < -0.4 is 10.6 Å². The lowest BCUT2D eigenvalue weighted by Crippen LogP contribution is -2.46. The van der Waals surface area contributed by atoms with Gasteiger partial charge in [-0.25, -0.2) is 23.7 Å². The lowest BCUT2D eigenvalue weighted by Gasteiger charge is -2.27. The zero-order valence-electron chi connectivity index (χ0n) is 16.3. The largest absolute Gasteiger partial charge is 0.421 e. The predicted molar refractivity (Wildman–Crippen MR) is 102 cm³/mol. The van der Waals surface area contributed by atoms with Gasteiger partial charge in [0, 0.05) is 18.3 Å². The van der Waals surface area contributed by atoms with Crippen LogP contribution in [0.1, 0.15) is 18.9 Å². The highest BCUT2D eigenvalue weighted by molar-refractivity contribution is 5.62. The molecule has 0 aliphatic carbocycles. The molecule has 1 fully saturated rings. The van der Waals surface area contributed by atoms with Gasteiger partial charge in [0.15, 0.2) is 11.4 Å². The number of aromatic nitrogens is 4. The third-order valence-corrected chi connectivity index (χ3v) is 5.32. The molecule has 4 heterocycles. The Morgan fingerprint density at radius 2 is 2.00 bits per heavy atom. The van der Waals surface area contributed by atoms with Gasteiger partial charge in [0.2, 0.25) is 5.95 Å². The van der Waals surface area contributed by atoms with Crippen LogP contribution in [0.4, 0.5) is 27.9 Å². The first kappa shape index (κ1) is 21.4. The van der Waals surface area contributed by atoms with E-state index >= 15 is 0 Å². The number of alkyl halides is 4. The molecule has 3 N–H and O–H groups in total. The highest BCUT2D eigenvalue weighted by Gasteiger charge is 2.51. The number of imidazole rings is 1. The van der Waals surface area contributed by atoms with Crippen molar-refractivity contribution in [2.75, 3.05) is 18.4 Å². The summed E-state index contributed by atoms with van der Waals surface area (Å²) in [6.45, 7) is 1.51. The van der Waals surface area contributed by atoms with E-state index in [0.717, 1.165) is 18.5 Å². The molecule has 0 aromatic carbocycles. The standard InChI is InChI=1S/C19H19F5N6O/c1-18(31,19(22,23)24)10-2-3-15-26-8-14(30(15)9-10)16-12(21)6-27-17(29-16)28-13-7-25-5-4-11(13)20/h2-3,6,8-9,11,13,25,31H,4-5,7H2,1H3,(H,27,28,29)/t11-,13-,18-/m0/s1. The molecule has 4 rings (SSSR count). The molecular formula is C19H19F5N6O. The summed E-state index contributed by atoms with van der Waals surface area (Å²) < 4.78 is 69.5. The van der Waals surface area contributed by atoms with Gasteiger partial charge in [-0.05, 0) is 26.0 Å². The van der Waals surface area contributed by atoms with Gasteiger partial charge in [-0.2, -0.15) is 13.2 Å². The van der Waals surface area contributed by atoms with Gasteiger partial charge in [-0.3, -0.25) is 4.40 Å². The first-order chi connectivity index (χ1) is 14.6. The maximum Gasteiger partial charge on any atom is 0.421 e. The Bertz CT molecular complexity index is 1100. The molecule has 0 radical (unpaired) electrons. The summed E-state index contributed by atoms with van der Waals surface area (Å²) in [7, 11) is 0. The number of nitrogens with one attached hydrogen (secondary N) is 2. The molecular weight excluding hydrogens is 423 g/mol. The number of fused-ring (bicyclic) bond motifs is 1. The van der Waals surface area contributed by atoms with Crippen LogP contribution in [0, 0.1) is 5.82 Å². The van der Waals surface area contributed by atoms with E-state index in [9.17, 15) is 27.1 Å². The highest BCUT2D eigenvalue weighted by atomic mass is 19.4. The number of pyridine rings is 1. The quantitative estimate of drug-likeness (QED) is 0.539. The molecule has 0 amide bonds. The number of aliphatic hydroxyl groups is 1. The number of halogens is 5. The molecule has 3 atom stereocenters. The van der Waals surface area contributed by atoms with Gasteiger partial charge in [0.25, 0.3) is 0 Å². The van der Waals surface area contributed by atoms with Gasteiger partial charge >= 0.3 is 6.18 Å². The number of nitrogens with zero attached hydrogens (tertiary/aromatic N) is 4. The van der Waals surface area contributed by atoms with Crippen LogP contribution in [0.25, 0.3) is 17.0 Å². The van der Waals surface area contributed by atoms with Crippen LogP contribution in [0.3, 0.4) is 0 Å². The van der Waals surface area contributed by atoms with E-state index in [0.29, 0.717) is 26.4 Å². The lowest BCUT2D eigenvalue weighted by molar-refractivity contribution is -0.259. The van der Waals surface area contributed by atoms with E-state index in [-0.39, 0.29) is 23.0 Å². The van der Waals surface area contributed by atoms with Crippen LogP contribution in [-0.4, -0.2) is 55.9 Å². The maximum absolute atomic E-state index is 14.5. The Morgan fingerprint density at radius 1 is 1.23 bits per heavy atom. The maximum atomic E-state index is 14.5. The minimum atomic E-state index is -4.92. The number of rotatable bonds is 4. The third-order valence-electron chi connectivity index (χ3n) is 5.32. The van der Waals surface area contributed by atoms with Crippen molar-refractivity contribution in [3.8, 4) is 11.4 Å². The summed E-state index contributed by atoms with van der Waals surface area (Å²) in [5.74, 6) is -0.861. The smallest absolute Gasteiger partial charge is 0.376 e. The average molecular weight is 442 g/mol. The summed E-state index contributed by atoms with van der Waals surface area (Å²) in [5.41, 5.74) is -3.52. The molecule has 12 heteroatoms. The van der Waals surface area contributed by atoms with E-state index < -0.39 is 35.4 Å². The molecule has 31 heavy (non-hydrogen) atoms. The number of piperidine rings is 1. The zero-order valence-corrected chi connectivity index (χ0v) is 16.3. The molecule has 7 nitrogen and oxygen atoms in total. The second-order valence-corrected chi connectivity index (χ2v) is 7.51. The molecule has 0 saturated carbocycles. The molecule has 1 saturated heterocycles. The zero-order chi connectivity index (χ0) is 22.4. The van der Waals surface area contributed by atoms with E-state index in [1.54, 1.807) is 0 Å². The fraction of sp³-hybridized carbons (Fsp3) is 0.421. The topological polar surface area (TPSA) is 87.4 Å². The van der Waals surface area contributed by atoms with Crippen molar-refractivity contribution < 1.29 is 27.1 Å². The Morgan fingerprint density at radius 3 is 2.71 bits per heavy atom. The van der Waals surface area contributed by atoms with Crippen molar-refractivity contribution in [2.45, 2.75) is 37.3 Å². The van der Waals surface area contributed by atoms with Gasteiger partial charge in [-0.1, -0.05) is 6.07 Å². The minimum Gasteiger partial charge on any atom is -0.376 e. The fourth-order valence-corrected chi connectivity index (χ4v) is 3.36. The summed E-state index contributed by atoms with van der Waals surface area (Å²) in [6.07, 6.45) is -2.58. The van der Waals surface area contributed by atoms with Gasteiger partial charge in [0.1, 0.15) is 17.5 Å². The number of hydrogen-bond acceptors (Lipinski definition) is 6. The van der Waals surface area contributed by atoms with Gasteiger partial charge in [0.05, 0.1) is 24.1 Å². The number of anilines is 1. The lowest BCUT2D eigenvalue weighted by atomic mass is 9.97. The molecule has 166 valence electrons. The van der Waals surface area contributed by atoms with Gasteiger partial charge in [-0.15, -0.1) is 0 Å². The molecule has 0 bridgehead atoms. The van der Waals surface area contributed by atoms with Crippen LogP contribution in [0.2, 0.25) is 0 Å². The van der Waals surface area contributed by atoms with Crippen molar-refractivity contribution in [1.29, 1.82) is 0 Å². The molecule has 0 spiro atoms. The first-order valence-corrected chi connectivity index (χ1v) is 9.49. The normalized spacial score (nSPS) is 21.8. The van der Waals surface area contributed by atoms with Crippen molar-refractivity contribution in [2.24, 2.45) is 0 Å². The van der Waals surface area contributed by atoms with Crippen LogP contribution >= 0.6 is 0 Å². The van der Waals surface area contributed by atoms with Crippen molar-refractivity contribution >= 4 is 11.6 Å².